The number of thiazole rings is 1. The average Bonchev–Trinajstić information content (AvgIpc) is 2.75. The smallest absolute Gasteiger partial charge is 0.183 e. The van der Waals surface area contributed by atoms with Gasteiger partial charge in [0.25, 0.3) is 0 Å². The number of nitrogens with one attached hydrogen (secondary N) is 1. The summed E-state index contributed by atoms with van der Waals surface area (Å²) < 4.78 is 19.5. The summed E-state index contributed by atoms with van der Waals surface area (Å²) in [5.74, 6) is 0.171. The fourth-order valence-electron chi connectivity index (χ4n) is 1.49. The molecule has 3 nitrogen and oxygen atoms in total. The van der Waals surface area contributed by atoms with Gasteiger partial charge in [-0.3, -0.25) is 0 Å². The molecule has 2 aromatic rings. The molecule has 0 bridgehead atoms. The van der Waals surface area contributed by atoms with Crippen molar-refractivity contribution >= 4 is 28.6 Å². The van der Waals surface area contributed by atoms with Crippen LogP contribution in [0.3, 0.4) is 0 Å². The maximum atomic E-state index is 13.7. The van der Waals surface area contributed by atoms with E-state index in [0.29, 0.717) is 29.1 Å². The Morgan fingerprint density at radius 2 is 2.33 bits per heavy atom. The molecule has 0 spiro atoms. The third kappa shape index (κ3) is 3.11. The van der Waals surface area contributed by atoms with Crippen LogP contribution in [0, 0.1) is 5.82 Å². The molecule has 1 aromatic carbocycles. The number of aromatic nitrogens is 1. The maximum Gasteiger partial charge on any atom is 0.183 e. The minimum Gasteiger partial charge on any atom is -0.492 e. The molecule has 96 valence electrons. The first-order valence-corrected chi connectivity index (χ1v) is 6.65. The van der Waals surface area contributed by atoms with Crippen LogP contribution in [-0.2, 0) is 6.54 Å². The van der Waals surface area contributed by atoms with E-state index in [9.17, 15) is 4.39 Å². The summed E-state index contributed by atoms with van der Waals surface area (Å²) in [4.78, 5) is 4.86. The Balaban J connectivity index is 2.12. The SMILES string of the molecule is CCOc1cccc(F)c1NCc1cnc(Cl)s1. The van der Waals surface area contributed by atoms with Crippen LogP contribution < -0.4 is 10.1 Å². The number of hydrogen-bond donors (Lipinski definition) is 1. The first kappa shape index (κ1) is 13.1. The number of para-hydroxylation sites is 1. The predicted molar refractivity (Wildman–Crippen MR) is 72.0 cm³/mol. The lowest BCUT2D eigenvalue weighted by atomic mass is 10.2. The average molecular weight is 287 g/mol. The molecule has 1 heterocycles. The lowest BCUT2D eigenvalue weighted by Crippen LogP contribution is -2.03. The molecule has 0 aliphatic rings. The van der Waals surface area contributed by atoms with Gasteiger partial charge in [-0.05, 0) is 19.1 Å². The molecule has 6 heteroatoms. The van der Waals surface area contributed by atoms with E-state index in [4.69, 9.17) is 16.3 Å². The number of rotatable bonds is 5. The van der Waals surface area contributed by atoms with Gasteiger partial charge in [0.05, 0.1) is 13.2 Å². The Hall–Kier alpha value is -1.33. The summed E-state index contributed by atoms with van der Waals surface area (Å²) in [5.41, 5.74) is 0.365. The Morgan fingerprint density at radius 3 is 3.00 bits per heavy atom. The van der Waals surface area contributed by atoms with Gasteiger partial charge in [-0.15, -0.1) is 11.3 Å². The van der Waals surface area contributed by atoms with Gasteiger partial charge in [0.15, 0.2) is 4.47 Å². The summed E-state index contributed by atoms with van der Waals surface area (Å²) >= 11 is 7.10. The van der Waals surface area contributed by atoms with Gasteiger partial charge >= 0.3 is 0 Å². The summed E-state index contributed by atoms with van der Waals surface area (Å²) in [7, 11) is 0. The van der Waals surface area contributed by atoms with E-state index in [0.717, 1.165) is 4.88 Å². The van der Waals surface area contributed by atoms with Gasteiger partial charge in [-0.1, -0.05) is 17.7 Å². The summed E-state index contributed by atoms with van der Waals surface area (Å²) in [6.07, 6.45) is 1.67. The summed E-state index contributed by atoms with van der Waals surface area (Å²) in [6.45, 7) is 2.81. The minimum absolute atomic E-state index is 0.337. The Labute approximate surface area is 114 Å². The Bertz CT molecular complexity index is 533. The molecule has 0 unspecified atom stereocenters. The number of nitrogens with zero attached hydrogens (tertiary/aromatic N) is 1. The third-order valence-corrected chi connectivity index (χ3v) is 3.35. The van der Waals surface area contributed by atoms with Crippen molar-refractivity contribution in [3.8, 4) is 5.75 Å². The van der Waals surface area contributed by atoms with Crippen molar-refractivity contribution in [1.82, 2.24) is 4.98 Å². The highest BCUT2D eigenvalue weighted by molar-refractivity contribution is 7.15. The van der Waals surface area contributed by atoms with Crippen molar-refractivity contribution in [2.24, 2.45) is 0 Å². The molecule has 2 rings (SSSR count). The molecule has 0 atom stereocenters. The number of ether oxygens (including phenoxy) is 1. The van der Waals surface area contributed by atoms with Crippen molar-refractivity contribution < 1.29 is 9.13 Å². The molecule has 0 aliphatic carbocycles. The van der Waals surface area contributed by atoms with E-state index in [1.54, 1.807) is 18.3 Å². The van der Waals surface area contributed by atoms with Gasteiger partial charge in [-0.25, -0.2) is 9.37 Å². The second-order valence-electron chi connectivity index (χ2n) is 3.48. The standard InChI is InChI=1S/C12H12ClFN2OS/c1-2-17-10-5-3-4-9(14)11(10)15-6-8-7-16-12(13)18-8/h3-5,7,15H,2,6H2,1H3. The molecule has 1 N–H and O–H groups in total. The Morgan fingerprint density at radius 1 is 1.50 bits per heavy atom. The maximum absolute atomic E-state index is 13.7. The van der Waals surface area contributed by atoms with E-state index >= 15 is 0 Å². The van der Waals surface area contributed by atoms with E-state index in [-0.39, 0.29) is 5.82 Å². The second kappa shape index (κ2) is 6.02. The molecule has 1 aromatic heterocycles. The fraction of sp³-hybridized carbons (Fsp3) is 0.250. The van der Waals surface area contributed by atoms with Crippen molar-refractivity contribution in [3.05, 3.63) is 39.6 Å². The largest absolute Gasteiger partial charge is 0.492 e. The highest BCUT2D eigenvalue weighted by atomic mass is 35.5. The molecule has 0 radical (unpaired) electrons. The van der Waals surface area contributed by atoms with Gasteiger partial charge in [-0.2, -0.15) is 0 Å². The van der Waals surface area contributed by atoms with E-state index in [1.807, 2.05) is 6.92 Å². The van der Waals surface area contributed by atoms with Gasteiger partial charge in [0.2, 0.25) is 0 Å². The molecule has 0 fully saturated rings. The minimum atomic E-state index is -0.337. The zero-order valence-corrected chi connectivity index (χ0v) is 11.3. The van der Waals surface area contributed by atoms with Crippen molar-refractivity contribution in [3.63, 3.8) is 0 Å². The quantitative estimate of drug-likeness (QED) is 0.904. The van der Waals surface area contributed by atoms with Gasteiger partial charge < -0.3 is 10.1 Å². The summed E-state index contributed by atoms with van der Waals surface area (Å²) in [5, 5.41) is 3.01. The van der Waals surface area contributed by atoms with E-state index in [1.165, 1.54) is 17.4 Å². The van der Waals surface area contributed by atoms with Crippen LogP contribution in [0.15, 0.2) is 24.4 Å². The van der Waals surface area contributed by atoms with E-state index in [2.05, 4.69) is 10.3 Å². The molecule has 0 amide bonds. The second-order valence-corrected chi connectivity index (χ2v) is 5.18. The van der Waals surface area contributed by atoms with Crippen LogP contribution in [-0.4, -0.2) is 11.6 Å². The van der Waals surface area contributed by atoms with Crippen LogP contribution in [0.4, 0.5) is 10.1 Å². The van der Waals surface area contributed by atoms with Crippen molar-refractivity contribution in [2.45, 2.75) is 13.5 Å². The predicted octanol–water partition coefficient (Wildman–Crippen LogP) is 3.95. The van der Waals surface area contributed by atoms with Gasteiger partial charge in [0, 0.05) is 11.1 Å². The molecular weight excluding hydrogens is 275 g/mol. The topological polar surface area (TPSA) is 34.1 Å². The lowest BCUT2D eigenvalue weighted by Gasteiger charge is -2.12. The molecule has 0 saturated carbocycles. The van der Waals surface area contributed by atoms with Crippen LogP contribution in [0.1, 0.15) is 11.8 Å². The molecule has 0 aliphatic heterocycles. The Kier molecular flexibility index (Phi) is 4.38. The normalized spacial score (nSPS) is 10.4. The van der Waals surface area contributed by atoms with Crippen LogP contribution in [0.25, 0.3) is 0 Å². The van der Waals surface area contributed by atoms with Crippen molar-refractivity contribution in [2.75, 3.05) is 11.9 Å². The highest BCUT2D eigenvalue weighted by Crippen LogP contribution is 2.28. The first-order chi connectivity index (χ1) is 8.70. The third-order valence-electron chi connectivity index (χ3n) is 2.24. The van der Waals surface area contributed by atoms with E-state index < -0.39 is 0 Å². The highest BCUT2D eigenvalue weighted by Gasteiger charge is 2.09. The fourth-order valence-corrected chi connectivity index (χ4v) is 2.41. The van der Waals surface area contributed by atoms with Crippen LogP contribution >= 0.6 is 22.9 Å². The number of halogens is 2. The number of hydrogen-bond acceptors (Lipinski definition) is 4. The lowest BCUT2D eigenvalue weighted by molar-refractivity contribution is 0.340. The first-order valence-electron chi connectivity index (χ1n) is 5.46. The molecule has 18 heavy (non-hydrogen) atoms. The monoisotopic (exact) mass is 286 g/mol. The number of benzene rings is 1. The van der Waals surface area contributed by atoms with Gasteiger partial charge in [0.1, 0.15) is 17.3 Å². The zero-order valence-electron chi connectivity index (χ0n) is 9.74. The molecule has 0 saturated heterocycles. The zero-order chi connectivity index (χ0) is 13.0. The van der Waals surface area contributed by atoms with Crippen LogP contribution in [0.2, 0.25) is 4.47 Å². The van der Waals surface area contributed by atoms with Crippen molar-refractivity contribution in [1.29, 1.82) is 0 Å². The molecular formula is C12H12ClFN2OS. The van der Waals surface area contributed by atoms with Crippen LogP contribution in [0.5, 0.6) is 5.75 Å². The summed E-state index contributed by atoms with van der Waals surface area (Å²) in [6, 6.07) is 4.74. The number of anilines is 1.